The molecular weight excluding hydrogens is 605 g/mol. The zero-order valence-electron chi connectivity index (χ0n) is 19.9. The van der Waals surface area contributed by atoms with E-state index in [1.165, 1.54) is 66.7 Å². The van der Waals surface area contributed by atoms with Crippen molar-refractivity contribution in [2.24, 2.45) is 0 Å². The summed E-state index contributed by atoms with van der Waals surface area (Å²) in [5.74, 6) is -0.685. The van der Waals surface area contributed by atoms with Crippen molar-refractivity contribution in [3.8, 4) is 0 Å². The van der Waals surface area contributed by atoms with Crippen LogP contribution < -0.4 is 14.3 Å². The highest BCUT2D eigenvalue weighted by atomic mass is 35.5. The van der Waals surface area contributed by atoms with Crippen LogP contribution in [-0.4, -0.2) is 29.3 Å². The molecule has 4 aromatic carbocycles. The van der Waals surface area contributed by atoms with Gasteiger partial charge in [-0.05, 0) is 78.9 Å². The highest BCUT2D eigenvalue weighted by Crippen LogP contribution is 2.32. The molecule has 0 aliphatic heterocycles. The van der Waals surface area contributed by atoms with Gasteiger partial charge in [0.2, 0.25) is 5.91 Å². The van der Waals surface area contributed by atoms with Gasteiger partial charge in [-0.25, -0.2) is 16.8 Å². The van der Waals surface area contributed by atoms with E-state index in [1.54, 1.807) is 30.3 Å². The van der Waals surface area contributed by atoms with Gasteiger partial charge in [-0.15, -0.1) is 0 Å². The molecule has 1 amide bonds. The van der Waals surface area contributed by atoms with Crippen LogP contribution in [0.25, 0.3) is 0 Å². The van der Waals surface area contributed by atoms with E-state index in [1.807, 2.05) is 0 Å². The van der Waals surface area contributed by atoms with Crippen molar-refractivity contribution in [3.05, 3.63) is 112 Å². The Kier molecular flexibility index (Phi) is 8.73. The molecule has 4 rings (SSSR count). The smallest absolute Gasteiger partial charge is 0.264 e. The van der Waals surface area contributed by atoms with Crippen molar-refractivity contribution in [3.63, 3.8) is 0 Å². The second-order valence-corrected chi connectivity index (χ2v) is 12.9. The zero-order chi connectivity index (χ0) is 28.2. The van der Waals surface area contributed by atoms with Gasteiger partial charge in [-0.3, -0.25) is 13.8 Å². The summed E-state index contributed by atoms with van der Waals surface area (Å²) in [6.45, 7) is -0.614. The molecule has 0 spiro atoms. The first-order valence-electron chi connectivity index (χ1n) is 11.2. The second kappa shape index (κ2) is 11.8. The molecule has 0 aromatic heterocycles. The van der Waals surface area contributed by atoms with Crippen LogP contribution >= 0.6 is 34.8 Å². The fraction of sp³-hybridized carbons (Fsp3) is 0.0385. The summed E-state index contributed by atoms with van der Waals surface area (Å²) < 4.78 is 55.6. The lowest BCUT2D eigenvalue weighted by Crippen LogP contribution is -2.38. The third-order valence-corrected chi connectivity index (χ3v) is 9.30. The molecule has 0 atom stereocenters. The van der Waals surface area contributed by atoms with Gasteiger partial charge in [0.1, 0.15) is 6.54 Å². The molecule has 13 heteroatoms. The maximum Gasteiger partial charge on any atom is 0.264 e. The van der Waals surface area contributed by atoms with E-state index in [4.69, 9.17) is 34.8 Å². The van der Waals surface area contributed by atoms with Gasteiger partial charge >= 0.3 is 0 Å². The van der Waals surface area contributed by atoms with E-state index in [0.29, 0.717) is 15.7 Å². The Balaban J connectivity index is 1.54. The average Bonchev–Trinajstić information content (AvgIpc) is 2.90. The predicted molar refractivity (Wildman–Crippen MR) is 155 cm³/mol. The lowest BCUT2D eigenvalue weighted by atomic mass is 10.3. The van der Waals surface area contributed by atoms with Crippen LogP contribution in [-0.2, 0) is 24.8 Å². The molecule has 0 saturated carbocycles. The van der Waals surface area contributed by atoms with Gasteiger partial charge in [0.05, 0.1) is 20.5 Å². The van der Waals surface area contributed by atoms with Crippen LogP contribution in [0.3, 0.4) is 0 Å². The third kappa shape index (κ3) is 7.03. The Morgan fingerprint density at radius 3 is 1.90 bits per heavy atom. The molecule has 39 heavy (non-hydrogen) atoms. The van der Waals surface area contributed by atoms with Gasteiger partial charge in [0.25, 0.3) is 20.0 Å². The standard InChI is InChI=1S/C26H20Cl3N3O5S2/c27-18-6-9-21(10-7-18)31-38(34,35)22-13-11-20(12-14-22)30-26(33)17-32(25-15-8-19(28)16-24(25)29)39(36,37)23-4-2-1-3-5-23/h1-16,31H,17H2,(H,30,33). The first-order chi connectivity index (χ1) is 18.5. The fourth-order valence-electron chi connectivity index (χ4n) is 3.48. The second-order valence-electron chi connectivity index (χ2n) is 8.11. The average molecular weight is 625 g/mol. The number of sulfonamides is 2. The third-order valence-electron chi connectivity index (χ3n) is 5.34. The molecule has 0 aliphatic rings. The molecule has 0 unspecified atom stereocenters. The molecule has 202 valence electrons. The quantitative estimate of drug-likeness (QED) is 0.228. The summed E-state index contributed by atoms with van der Waals surface area (Å²) in [7, 11) is -8.09. The number of halogens is 3. The molecule has 2 N–H and O–H groups in total. The van der Waals surface area contributed by atoms with Crippen molar-refractivity contribution in [2.45, 2.75) is 9.79 Å². The Bertz CT molecular complexity index is 1700. The van der Waals surface area contributed by atoms with Crippen LogP contribution in [0.1, 0.15) is 0 Å². The topological polar surface area (TPSA) is 113 Å². The minimum Gasteiger partial charge on any atom is -0.325 e. The van der Waals surface area contributed by atoms with E-state index < -0.39 is 32.5 Å². The van der Waals surface area contributed by atoms with Gasteiger partial charge < -0.3 is 5.32 Å². The van der Waals surface area contributed by atoms with Gasteiger partial charge in [0.15, 0.2) is 0 Å². The summed E-state index contributed by atoms with van der Waals surface area (Å²) in [5, 5.41) is 3.39. The molecule has 0 radical (unpaired) electrons. The van der Waals surface area contributed by atoms with E-state index >= 15 is 0 Å². The molecule has 8 nitrogen and oxygen atoms in total. The van der Waals surface area contributed by atoms with Crippen molar-refractivity contribution in [1.29, 1.82) is 0 Å². The summed E-state index contributed by atoms with van der Waals surface area (Å²) in [6.07, 6.45) is 0. The minimum absolute atomic E-state index is 0.0356. The molecule has 4 aromatic rings. The number of hydrogen-bond acceptors (Lipinski definition) is 5. The Labute approximate surface area is 241 Å². The molecule has 0 fully saturated rings. The van der Waals surface area contributed by atoms with Crippen LogP contribution in [0.4, 0.5) is 17.1 Å². The normalized spacial score (nSPS) is 11.6. The lowest BCUT2D eigenvalue weighted by molar-refractivity contribution is -0.114. The number of rotatable bonds is 9. The fourth-order valence-corrected chi connectivity index (χ4v) is 6.69. The highest BCUT2D eigenvalue weighted by molar-refractivity contribution is 7.93. The monoisotopic (exact) mass is 623 g/mol. The summed E-state index contributed by atoms with van der Waals surface area (Å²) in [5.41, 5.74) is 0.650. The van der Waals surface area contributed by atoms with Crippen LogP contribution in [0.2, 0.25) is 15.1 Å². The molecule has 0 aliphatic carbocycles. The number of nitrogens with zero attached hydrogens (tertiary/aromatic N) is 1. The van der Waals surface area contributed by atoms with Gasteiger partial charge in [0, 0.05) is 21.4 Å². The number of carbonyl (C=O) groups is 1. The zero-order valence-corrected chi connectivity index (χ0v) is 23.8. The Morgan fingerprint density at radius 1 is 0.692 bits per heavy atom. The maximum absolute atomic E-state index is 13.5. The first-order valence-corrected chi connectivity index (χ1v) is 15.2. The highest BCUT2D eigenvalue weighted by Gasteiger charge is 2.29. The van der Waals surface area contributed by atoms with E-state index in [2.05, 4.69) is 10.0 Å². The number of benzene rings is 4. The van der Waals surface area contributed by atoms with E-state index in [9.17, 15) is 21.6 Å². The molecule has 0 saturated heterocycles. The largest absolute Gasteiger partial charge is 0.325 e. The van der Waals surface area contributed by atoms with E-state index in [-0.39, 0.29) is 26.2 Å². The number of carbonyl (C=O) groups excluding carboxylic acids is 1. The van der Waals surface area contributed by atoms with Crippen LogP contribution in [0.15, 0.2) is 107 Å². The number of hydrogen-bond donors (Lipinski definition) is 2. The van der Waals surface area contributed by atoms with Gasteiger partial charge in [-0.2, -0.15) is 0 Å². The van der Waals surface area contributed by atoms with Crippen molar-refractivity contribution in [1.82, 2.24) is 0 Å². The Hall–Kier alpha value is -3.28. The van der Waals surface area contributed by atoms with Crippen molar-refractivity contribution >= 4 is 77.8 Å². The molecular formula is C26H20Cl3N3O5S2. The Morgan fingerprint density at radius 2 is 1.28 bits per heavy atom. The molecule has 0 heterocycles. The lowest BCUT2D eigenvalue weighted by Gasteiger charge is -2.25. The number of anilines is 3. The summed E-state index contributed by atoms with van der Waals surface area (Å²) >= 11 is 18.1. The van der Waals surface area contributed by atoms with Crippen molar-refractivity contribution < 1.29 is 21.6 Å². The first kappa shape index (κ1) is 28.7. The summed E-state index contributed by atoms with van der Waals surface area (Å²) in [6, 6.07) is 23.4. The van der Waals surface area contributed by atoms with E-state index in [0.717, 1.165) is 4.31 Å². The molecule has 0 bridgehead atoms. The predicted octanol–water partition coefficient (Wildman–Crippen LogP) is 6.28. The maximum atomic E-state index is 13.5. The van der Waals surface area contributed by atoms with Gasteiger partial charge in [-0.1, -0.05) is 53.0 Å². The number of amides is 1. The van der Waals surface area contributed by atoms with Crippen LogP contribution in [0.5, 0.6) is 0 Å². The van der Waals surface area contributed by atoms with Crippen molar-refractivity contribution in [2.75, 3.05) is 20.9 Å². The SMILES string of the molecule is O=C(CN(c1ccc(Cl)cc1Cl)S(=O)(=O)c1ccccc1)Nc1ccc(S(=O)(=O)Nc2ccc(Cl)cc2)cc1. The van der Waals surface area contributed by atoms with Crippen LogP contribution in [0, 0.1) is 0 Å². The minimum atomic E-state index is -4.19. The summed E-state index contributed by atoms with van der Waals surface area (Å²) in [4.78, 5) is 12.9. The number of nitrogens with one attached hydrogen (secondary N) is 2.